The van der Waals surface area contributed by atoms with Crippen molar-refractivity contribution >= 4 is 17.7 Å². The van der Waals surface area contributed by atoms with Crippen molar-refractivity contribution in [2.45, 2.75) is 32.9 Å². The van der Waals surface area contributed by atoms with Crippen molar-refractivity contribution < 1.29 is 4.79 Å². The molecule has 2 aromatic rings. The zero-order valence-corrected chi connectivity index (χ0v) is 15.0. The molecule has 122 valence electrons. The Morgan fingerprint density at radius 2 is 1.83 bits per heavy atom. The van der Waals surface area contributed by atoms with Gasteiger partial charge in [-0.1, -0.05) is 48.0 Å². The first-order chi connectivity index (χ1) is 11.0. The quantitative estimate of drug-likeness (QED) is 0.772. The van der Waals surface area contributed by atoms with Crippen LogP contribution in [0.2, 0.25) is 0 Å². The first-order valence-corrected chi connectivity index (χ1v) is 9.16. The van der Waals surface area contributed by atoms with Crippen LogP contribution in [0.5, 0.6) is 0 Å². The molecule has 0 unspecified atom stereocenters. The lowest BCUT2D eigenvalue weighted by atomic mass is 10.0. The molecule has 0 radical (unpaired) electrons. The molecule has 23 heavy (non-hydrogen) atoms. The lowest BCUT2D eigenvalue weighted by molar-refractivity contribution is -0.120. The molecular formula is C20H25NOS. The molecule has 0 aliphatic carbocycles. The van der Waals surface area contributed by atoms with Gasteiger partial charge >= 0.3 is 0 Å². The molecule has 0 heterocycles. The summed E-state index contributed by atoms with van der Waals surface area (Å²) >= 11 is 1.85. The molecule has 0 fully saturated rings. The Balaban J connectivity index is 1.65. The molecule has 0 aliphatic heterocycles. The smallest absolute Gasteiger partial charge is 0.224 e. The number of thioether (sulfide) groups is 1. The van der Waals surface area contributed by atoms with E-state index < -0.39 is 0 Å². The molecule has 2 nitrogen and oxygen atoms in total. The van der Waals surface area contributed by atoms with Gasteiger partial charge in [0.1, 0.15) is 0 Å². The van der Waals surface area contributed by atoms with E-state index in [0.29, 0.717) is 6.42 Å². The van der Waals surface area contributed by atoms with Crippen molar-refractivity contribution in [1.29, 1.82) is 0 Å². The first kappa shape index (κ1) is 17.6. The molecular weight excluding hydrogens is 302 g/mol. The summed E-state index contributed by atoms with van der Waals surface area (Å²) in [5, 5.41) is 3.00. The predicted molar refractivity (Wildman–Crippen MR) is 100.0 cm³/mol. The van der Waals surface area contributed by atoms with Crippen molar-refractivity contribution in [2.24, 2.45) is 0 Å². The summed E-state index contributed by atoms with van der Waals surface area (Å²) in [6.07, 6.45) is 0.462. The second-order valence-corrected chi connectivity index (χ2v) is 7.09. The number of carbonyl (C=O) groups excluding carboxylic acids is 1. The summed E-state index contributed by atoms with van der Waals surface area (Å²) in [5.41, 5.74) is 6.23. The highest BCUT2D eigenvalue weighted by Gasteiger charge is 2.04. The zero-order valence-electron chi connectivity index (χ0n) is 14.2. The van der Waals surface area contributed by atoms with Crippen LogP contribution < -0.4 is 5.32 Å². The van der Waals surface area contributed by atoms with Gasteiger partial charge in [-0.25, -0.2) is 0 Å². The number of rotatable bonds is 7. The average Bonchev–Trinajstić information content (AvgIpc) is 2.51. The second-order valence-electron chi connectivity index (χ2n) is 5.99. The minimum Gasteiger partial charge on any atom is -0.355 e. The molecule has 1 amide bonds. The van der Waals surface area contributed by atoms with E-state index in [1.54, 1.807) is 0 Å². The maximum atomic E-state index is 12.0. The number of nitrogens with one attached hydrogen (secondary N) is 1. The van der Waals surface area contributed by atoms with Gasteiger partial charge in [-0.3, -0.25) is 4.79 Å². The van der Waals surface area contributed by atoms with Crippen LogP contribution in [0.4, 0.5) is 0 Å². The number of aryl methyl sites for hydroxylation is 3. The summed E-state index contributed by atoms with van der Waals surface area (Å²) in [7, 11) is 0. The Bertz CT molecular complexity index is 666. The van der Waals surface area contributed by atoms with E-state index in [2.05, 4.69) is 62.5 Å². The molecule has 1 N–H and O–H groups in total. The highest BCUT2D eigenvalue weighted by Crippen LogP contribution is 2.13. The average molecular weight is 327 g/mol. The van der Waals surface area contributed by atoms with Crippen LogP contribution in [-0.4, -0.2) is 18.2 Å². The SMILES string of the molecule is Cc1cccc(CSCCNC(=O)Cc2ccc(C)c(C)c2)c1. The molecule has 2 rings (SSSR count). The number of amides is 1. The van der Waals surface area contributed by atoms with Crippen molar-refractivity contribution in [3.8, 4) is 0 Å². The Kier molecular flexibility index (Phi) is 6.72. The van der Waals surface area contributed by atoms with Crippen LogP contribution in [0.25, 0.3) is 0 Å². The molecule has 0 saturated carbocycles. The Morgan fingerprint density at radius 1 is 1.00 bits per heavy atom. The van der Waals surface area contributed by atoms with E-state index in [9.17, 15) is 4.79 Å². The standard InChI is InChI=1S/C20H25NOS/c1-15-5-4-6-19(11-15)14-23-10-9-21-20(22)13-18-8-7-16(2)17(3)12-18/h4-8,11-12H,9-10,13-14H2,1-3H3,(H,21,22). The predicted octanol–water partition coefficient (Wildman–Crippen LogP) is 4.20. The molecule has 0 aliphatic rings. The van der Waals surface area contributed by atoms with Crippen LogP contribution in [0.15, 0.2) is 42.5 Å². The summed E-state index contributed by atoms with van der Waals surface area (Å²) in [5.74, 6) is 2.03. The van der Waals surface area contributed by atoms with Gasteiger partial charge in [0.05, 0.1) is 6.42 Å². The lowest BCUT2D eigenvalue weighted by Crippen LogP contribution is -2.27. The summed E-state index contributed by atoms with van der Waals surface area (Å²) < 4.78 is 0. The minimum absolute atomic E-state index is 0.101. The van der Waals surface area contributed by atoms with Gasteiger partial charge < -0.3 is 5.32 Å². The maximum Gasteiger partial charge on any atom is 0.224 e. The Morgan fingerprint density at radius 3 is 2.57 bits per heavy atom. The van der Waals surface area contributed by atoms with Crippen LogP contribution in [0, 0.1) is 20.8 Å². The third-order valence-corrected chi connectivity index (χ3v) is 4.89. The minimum atomic E-state index is 0.101. The van der Waals surface area contributed by atoms with Gasteiger partial charge in [-0.15, -0.1) is 0 Å². The maximum absolute atomic E-state index is 12.0. The normalized spacial score (nSPS) is 10.6. The third-order valence-electron chi connectivity index (χ3n) is 3.86. The first-order valence-electron chi connectivity index (χ1n) is 8.01. The molecule has 2 aromatic carbocycles. The highest BCUT2D eigenvalue weighted by molar-refractivity contribution is 7.98. The van der Waals surface area contributed by atoms with Crippen LogP contribution >= 0.6 is 11.8 Å². The van der Waals surface area contributed by atoms with Crippen molar-refractivity contribution in [2.75, 3.05) is 12.3 Å². The molecule has 0 spiro atoms. The zero-order chi connectivity index (χ0) is 16.7. The molecule has 0 bridgehead atoms. The van der Waals surface area contributed by atoms with Crippen molar-refractivity contribution in [3.05, 3.63) is 70.3 Å². The monoisotopic (exact) mass is 327 g/mol. The van der Waals surface area contributed by atoms with E-state index in [1.165, 1.54) is 22.3 Å². The fourth-order valence-corrected chi connectivity index (χ4v) is 3.22. The number of benzene rings is 2. The largest absolute Gasteiger partial charge is 0.355 e. The van der Waals surface area contributed by atoms with E-state index >= 15 is 0 Å². The van der Waals surface area contributed by atoms with E-state index in [4.69, 9.17) is 0 Å². The summed E-state index contributed by atoms with van der Waals surface area (Å²) in [6, 6.07) is 14.8. The highest BCUT2D eigenvalue weighted by atomic mass is 32.2. The number of hydrogen-bond donors (Lipinski definition) is 1. The van der Waals surface area contributed by atoms with E-state index in [1.807, 2.05) is 17.8 Å². The third kappa shape index (κ3) is 6.11. The van der Waals surface area contributed by atoms with Gasteiger partial charge in [-0.2, -0.15) is 11.8 Å². The molecule has 3 heteroatoms. The van der Waals surface area contributed by atoms with Crippen molar-refractivity contribution in [3.63, 3.8) is 0 Å². The number of hydrogen-bond acceptors (Lipinski definition) is 2. The fraction of sp³-hybridized carbons (Fsp3) is 0.350. The van der Waals surface area contributed by atoms with E-state index in [0.717, 1.165) is 23.6 Å². The van der Waals surface area contributed by atoms with Crippen molar-refractivity contribution in [1.82, 2.24) is 5.32 Å². The molecule has 0 aromatic heterocycles. The van der Waals surface area contributed by atoms with Gasteiger partial charge in [0, 0.05) is 18.1 Å². The summed E-state index contributed by atoms with van der Waals surface area (Å²) in [4.78, 5) is 12.0. The van der Waals surface area contributed by atoms with Gasteiger partial charge in [-0.05, 0) is 43.0 Å². The Labute approximate surface area is 143 Å². The number of carbonyl (C=O) groups is 1. The van der Waals surface area contributed by atoms with Crippen LogP contribution in [0.1, 0.15) is 27.8 Å². The topological polar surface area (TPSA) is 29.1 Å². The van der Waals surface area contributed by atoms with Gasteiger partial charge in [0.15, 0.2) is 0 Å². The molecule has 0 saturated heterocycles. The van der Waals surface area contributed by atoms with Gasteiger partial charge in [0.2, 0.25) is 5.91 Å². The van der Waals surface area contributed by atoms with Crippen LogP contribution in [0.3, 0.4) is 0 Å². The van der Waals surface area contributed by atoms with Crippen LogP contribution in [-0.2, 0) is 17.0 Å². The lowest BCUT2D eigenvalue weighted by Gasteiger charge is -2.07. The Hall–Kier alpha value is -1.74. The summed E-state index contributed by atoms with van der Waals surface area (Å²) in [6.45, 7) is 7.00. The molecule has 0 atom stereocenters. The fourth-order valence-electron chi connectivity index (χ4n) is 2.42. The van der Waals surface area contributed by atoms with Gasteiger partial charge in [0.25, 0.3) is 0 Å². The second kappa shape index (κ2) is 8.78. The van der Waals surface area contributed by atoms with E-state index in [-0.39, 0.29) is 5.91 Å².